The van der Waals surface area contributed by atoms with Gasteiger partial charge in [0.2, 0.25) is 5.91 Å². The molecule has 1 amide bonds. The van der Waals surface area contributed by atoms with Crippen molar-refractivity contribution in [2.24, 2.45) is 0 Å². The number of nitrogens with zero attached hydrogens (tertiary/aromatic N) is 3. The second-order valence-corrected chi connectivity index (χ2v) is 2.73. The average molecular weight is 194 g/mol. The first-order chi connectivity index (χ1) is 6.76. The summed E-state index contributed by atoms with van der Waals surface area (Å²) in [5, 5.41) is 19.5. The standard InChI is InChI=1S/C9H14N4O/c1-12-8-9(14)13(6-2-4-10)7-3-5-11/h12H,2-3,6-8H2,1H3. The van der Waals surface area contributed by atoms with Crippen molar-refractivity contribution in [2.45, 2.75) is 12.8 Å². The van der Waals surface area contributed by atoms with Crippen LogP contribution in [0.1, 0.15) is 12.8 Å². The number of amides is 1. The molecule has 0 aromatic heterocycles. The van der Waals surface area contributed by atoms with Gasteiger partial charge >= 0.3 is 0 Å². The van der Waals surface area contributed by atoms with Crippen LogP contribution in [0.4, 0.5) is 0 Å². The lowest BCUT2D eigenvalue weighted by Gasteiger charge is -2.19. The Balaban J connectivity index is 4.03. The third kappa shape index (κ3) is 5.13. The summed E-state index contributed by atoms with van der Waals surface area (Å²) < 4.78 is 0. The van der Waals surface area contributed by atoms with Crippen LogP contribution in [0.25, 0.3) is 0 Å². The summed E-state index contributed by atoms with van der Waals surface area (Å²) >= 11 is 0. The molecule has 76 valence electrons. The van der Waals surface area contributed by atoms with Gasteiger partial charge in [-0.25, -0.2) is 0 Å². The molecule has 0 fully saturated rings. The van der Waals surface area contributed by atoms with Crippen LogP contribution in [0.15, 0.2) is 0 Å². The van der Waals surface area contributed by atoms with Gasteiger partial charge in [-0.2, -0.15) is 10.5 Å². The molecule has 0 aromatic carbocycles. The maximum Gasteiger partial charge on any atom is 0.236 e. The number of carbonyl (C=O) groups excluding carboxylic acids is 1. The van der Waals surface area contributed by atoms with E-state index in [4.69, 9.17) is 10.5 Å². The van der Waals surface area contributed by atoms with Crippen molar-refractivity contribution >= 4 is 5.91 Å². The molecule has 1 N–H and O–H groups in total. The van der Waals surface area contributed by atoms with Crippen LogP contribution in [0.3, 0.4) is 0 Å². The van der Waals surface area contributed by atoms with E-state index in [1.54, 1.807) is 7.05 Å². The summed E-state index contributed by atoms with van der Waals surface area (Å²) in [4.78, 5) is 12.9. The number of hydrogen-bond donors (Lipinski definition) is 1. The van der Waals surface area contributed by atoms with E-state index in [0.29, 0.717) is 25.9 Å². The lowest BCUT2D eigenvalue weighted by atomic mass is 10.3. The third-order valence-electron chi connectivity index (χ3n) is 1.67. The van der Waals surface area contributed by atoms with Crippen molar-refractivity contribution in [3.63, 3.8) is 0 Å². The van der Waals surface area contributed by atoms with Crippen LogP contribution in [0.5, 0.6) is 0 Å². The predicted octanol–water partition coefficient (Wildman–Crippen LogP) is -0.138. The van der Waals surface area contributed by atoms with Gasteiger partial charge in [0.05, 0.1) is 31.5 Å². The molecule has 0 unspecified atom stereocenters. The van der Waals surface area contributed by atoms with E-state index in [9.17, 15) is 4.79 Å². The molecule has 0 rings (SSSR count). The Morgan fingerprint density at radius 3 is 2.14 bits per heavy atom. The summed E-state index contributed by atoms with van der Waals surface area (Å²) in [6.45, 7) is 1.05. The van der Waals surface area contributed by atoms with E-state index >= 15 is 0 Å². The van der Waals surface area contributed by atoms with Crippen molar-refractivity contribution in [3.05, 3.63) is 0 Å². The van der Waals surface area contributed by atoms with Crippen molar-refractivity contribution in [2.75, 3.05) is 26.7 Å². The van der Waals surface area contributed by atoms with Crippen LogP contribution in [-0.4, -0.2) is 37.5 Å². The van der Waals surface area contributed by atoms with Gasteiger partial charge in [-0.1, -0.05) is 0 Å². The Morgan fingerprint density at radius 1 is 1.29 bits per heavy atom. The highest BCUT2D eigenvalue weighted by molar-refractivity contribution is 5.78. The van der Waals surface area contributed by atoms with Gasteiger partial charge in [-0.15, -0.1) is 0 Å². The second kappa shape index (κ2) is 8.03. The monoisotopic (exact) mass is 194 g/mol. The summed E-state index contributed by atoms with van der Waals surface area (Å²) in [5.41, 5.74) is 0. The van der Waals surface area contributed by atoms with Crippen molar-refractivity contribution in [1.82, 2.24) is 10.2 Å². The number of nitrogens with one attached hydrogen (secondary N) is 1. The Labute approximate surface area is 83.9 Å². The minimum Gasteiger partial charge on any atom is -0.340 e. The predicted molar refractivity (Wildman–Crippen MR) is 51.0 cm³/mol. The number of nitriles is 2. The van der Waals surface area contributed by atoms with Crippen molar-refractivity contribution in [1.29, 1.82) is 10.5 Å². The SMILES string of the molecule is CNCC(=O)N(CCC#N)CCC#N. The molecule has 0 saturated carbocycles. The molecule has 0 aliphatic rings. The van der Waals surface area contributed by atoms with E-state index in [-0.39, 0.29) is 12.5 Å². The summed E-state index contributed by atoms with van der Waals surface area (Å²) in [5.74, 6) is -0.0713. The minimum atomic E-state index is -0.0713. The molecule has 14 heavy (non-hydrogen) atoms. The average Bonchev–Trinajstić information content (AvgIpc) is 2.18. The normalized spacial score (nSPS) is 8.79. The molecule has 5 heteroatoms. The van der Waals surface area contributed by atoms with E-state index in [1.165, 1.54) is 4.90 Å². The summed E-state index contributed by atoms with van der Waals surface area (Å²) in [7, 11) is 1.69. The van der Waals surface area contributed by atoms with E-state index in [2.05, 4.69) is 5.32 Å². The van der Waals surface area contributed by atoms with Gasteiger partial charge in [-0.05, 0) is 7.05 Å². The highest BCUT2D eigenvalue weighted by Gasteiger charge is 2.10. The summed E-state index contributed by atoms with van der Waals surface area (Å²) in [6.07, 6.45) is 0.613. The van der Waals surface area contributed by atoms with Gasteiger partial charge < -0.3 is 10.2 Å². The Hall–Kier alpha value is -1.59. The molecular weight excluding hydrogens is 180 g/mol. The lowest BCUT2D eigenvalue weighted by Crippen LogP contribution is -2.38. The maximum absolute atomic E-state index is 11.4. The molecule has 0 atom stereocenters. The largest absolute Gasteiger partial charge is 0.340 e. The molecule has 0 radical (unpaired) electrons. The highest BCUT2D eigenvalue weighted by atomic mass is 16.2. The van der Waals surface area contributed by atoms with Gasteiger partial charge in [-0.3, -0.25) is 4.79 Å². The van der Waals surface area contributed by atoms with Gasteiger partial charge in [0.25, 0.3) is 0 Å². The Kier molecular flexibility index (Phi) is 7.12. The molecule has 0 heterocycles. The first-order valence-corrected chi connectivity index (χ1v) is 4.42. The molecule has 5 nitrogen and oxygen atoms in total. The zero-order valence-corrected chi connectivity index (χ0v) is 8.29. The molecule has 0 saturated heterocycles. The third-order valence-corrected chi connectivity index (χ3v) is 1.67. The zero-order valence-electron chi connectivity index (χ0n) is 8.29. The van der Waals surface area contributed by atoms with Crippen LogP contribution in [-0.2, 0) is 4.79 Å². The first kappa shape index (κ1) is 12.4. The number of likely N-dealkylation sites (N-methyl/N-ethyl adjacent to an activating group) is 1. The van der Waals surface area contributed by atoms with Gasteiger partial charge in [0, 0.05) is 13.1 Å². The highest BCUT2D eigenvalue weighted by Crippen LogP contribution is 1.94. The second-order valence-electron chi connectivity index (χ2n) is 2.73. The van der Waals surface area contributed by atoms with Crippen LogP contribution >= 0.6 is 0 Å². The Morgan fingerprint density at radius 2 is 1.79 bits per heavy atom. The molecular formula is C9H14N4O. The van der Waals surface area contributed by atoms with E-state index in [1.807, 2.05) is 12.1 Å². The fraction of sp³-hybridized carbons (Fsp3) is 0.667. The fourth-order valence-corrected chi connectivity index (χ4v) is 0.994. The van der Waals surface area contributed by atoms with Crippen LogP contribution in [0, 0.1) is 22.7 Å². The molecule has 0 aliphatic carbocycles. The quantitative estimate of drug-likeness (QED) is 0.638. The van der Waals surface area contributed by atoms with Gasteiger partial charge in [0.1, 0.15) is 0 Å². The smallest absolute Gasteiger partial charge is 0.236 e. The number of hydrogen-bond acceptors (Lipinski definition) is 4. The van der Waals surface area contributed by atoms with E-state index in [0.717, 1.165) is 0 Å². The topological polar surface area (TPSA) is 79.9 Å². The molecule has 0 aliphatic heterocycles. The lowest BCUT2D eigenvalue weighted by molar-refractivity contribution is -0.130. The van der Waals surface area contributed by atoms with E-state index < -0.39 is 0 Å². The molecule has 0 aromatic rings. The van der Waals surface area contributed by atoms with Crippen molar-refractivity contribution in [3.8, 4) is 12.1 Å². The van der Waals surface area contributed by atoms with Gasteiger partial charge in [0.15, 0.2) is 0 Å². The van der Waals surface area contributed by atoms with Crippen LogP contribution in [0.2, 0.25) is 0 Å². The maximum atomic E-state index is 11.4. The Bertz CT molecular complexity index is 233. The minimum absolute atomic E-state index is 0.0713. The zero-order chi connectivity index (χ0) is 10.8. The summed E-state index contributed by atoms with van der Waals surface area (Å²) in [6, 6.07) is 3.95. The molecule has 0 bridgehead atoms. The number of rotatable bonds is 6. The number of carbonyl (C=O) groups is 1. The van der Waals surface area contributed by atoms with Crippen LogP contribution < -0.4 is 5.32 Å². The first-order valence-electron chi connectivity index (χ1n) is 4.42. The molecule has 0 spiro atoms. The fourth-order valence-electron chi connectivity index (χ4n) is 0.994. The van der Waals surface area contributed by atoms with Crippen molar-refractivity contribution < 1.29 is 4.79 Å².